The molecule has 118 valence electrons. The average Bonchev–Trinajstić information content (AvgIpc) is 2.39. The van der Waals surface area contributed by atoms with Crippen LogP contribution in [-0.4, -0.2) is 32.6 Å². The van der Waals surface area contributed by atoms with Gasteiger partial charge in [0.15, 0.2) is 6.29 Å². The van der Waals surface area contributed by atoms with E-state index in [1.54, 1.807) is 6.92 Å². The Morgan fingerprint density at radius 2 is 1.67 bits per heavy atom. The van der Waals surface area contributed by atoms with Crippen LogP contribution in [0.1, 0.15) is 12.5 Å². The minimum absolute atomic E-state index is 0.249. The molecule has 0 aliphatic heterocycles. The second kappa shape index (κ2) is 7.28. The molecule has 5 nitrogen and oxygen atoms in total. The van der Waals surface area contributed by atoms with Gasteiger partial charge in [0.05, 0.1) is 11.6 Å². The highest BCUT2D eigenvalue weighted by atomic mass is 19.4. The molecule has 0 aromatic heterocycles. The molecule has 1 aromatic rings. The molecular formula is C13H17F3N2O3. The lowest BCUT2D eigenvalue weighted by Crippen LogP contribution is -2.44. The molecule has 0 fully saturated rings. The Morgan fingerprint density at radius 3 is 2.10 bits per heavy atom. The summed E-state index contributed by atoms with van der Waals surface area (Å²) in [5.74, 6) is 0. The van der Waals surface area contributed by atoms with Crippen molar-refractivity contribution < 1.29 is 27.4 Å². The summed E-state index contributed by atoms with van der Waals surface area (Å²) in [5.41, 5.74) is -0.528. The van der Waals surface area contributed by atoms with Gasteiger partial charge in [0.2, 0.25) is 0 Å². The first-order valence-electron chi connectivity index (χ1n) is 6.08. The Morgan fingerprint density at radius 1 is 1.14 bits per heavy atom. The Labute approximate surface area is 120 Å². The fourth-order valence-corrected chi connectivity index (χ4v) is 1.69. The standard InChI is InChI=1S/C13H17F3N2O3/c1-8(11(20-2)21-3)17-12(19)18-10-6-4-9(5-7-10)13(14,15)16/h4-8,11H,1-3H3,(H2,17,18,19). The van der Waals surface area contributed by atoms with E-state index in [9.17, 15) is 18.0 Å². The van der Waals surface area contributed by atoms with Crippen LogP contribution in [0.4, 0.5) is 23.7 Å². The van der Waals surface area contributed by atoms with Crippen molar-refractivity contribution >= 4 is 11.7 Å². The zero-order valence-corrected chi connectivity index (χ0v) is 11.8. The van der Waals surface area contributed by atoms with Gasteiger partial charge in [0, 0.05) is 19.9 Å². The summed E-state index contributed by atoms with van der Waals surface area (Å²) in [6.45, 7) is 1.67. The molecule has 2 amide bonds. The smallest absolute Gasteiger partial charge is 0.354 e. The lowest BCUT2D eigenvalue weighted by atomic mass is 10.2. The van der Waals surface area contributed by atoms with E-state index < -0.39 is 30.1 Å². The Hall–Kier alpha value is -1.80. The normalized spacial score (nSPS) is 13.1. The third-order valence-electron chi connectivity index (χ3n) is 2.70. The van der Waals surface area contributed by atoms with Crippen LogP contribution in [0.2, 0.25) is 0 Å². The molecule has 0 aliphatic carbocycles. The summed E-state index contributed by atoms with van der Waals surface area (Å²) in [6.07, 6.45) is -5.03. The van der Waals surface area contributed by atoms with Crippen molar-refractivity contribution in [1.82, 2.24) is 5.32 Å². The zero-order valence-electron chi connectivity index (χ0n) is 11.8. The summed E-state index contributed by atoms with van der Waals surface area (Å²) in [7, 11) is 2.86. The number of halogens is 3. The highest BCUT2D eigenvalue weighted by Gasteiger charge is 2.30. The molecule has 1 rings (SSSR count). The quantitative estimate of drug-likeness (QED) is 0.822. The number of carbonyl (C=O) groups is 1. The summed E-state index contributed by atoms with van der Waals surface area (Å²) >= 11 is 0. The number of alkyl halides is 3. The van der Waals surface area contributed by atoms with Crippen LogP contribution in [0.5, 0.6) is 0 Å². The van der Waals surface area contributed by atoms with Crippen LogP contribution in [0.3, 0.4) is 0 Å². The molecule has 0 heterocycles. The SMILES string of the molecule is COC(OC)C(C)NC(=O)Nc1ccc(C(F)(F)F)cc1. The number of hydrogen-bond donors (Lipinski definition) is 2. The van der Waals surface area contributed by atoms with Crippen molar-refractivity contribution in [2.75, 3.05) is 19.5 Å². The monoisotopic (exact) mass is 306 g/mol. The number of urea groups is 1. The first kappa shape index (κ1) is 17.3. The summed E-state index contributed by atoms with van der Waals surface area (Å²) in [4.78, 5) is 11.7. The molecule has 21 heavy (non-hydrogen) atoms. The van der Waals surface area contributed by atoms with Gasteiger partial charge < -0.3 is 20.1 Å². The van der Waals surface area contributed by atoms with E-state index in [2.05, 4.69) is 10.6 Å². The predicted octanol–water partition coefficient (Wildman–Crippen LogP) is 2.83. The second-order valence-electron chi connectivity index (χ2n) is 4.30. The van der Waals surface area contributed by atoms with E-state index in [0.717, 1.165) is 12.1 Å². The number of amides is 2. The van der Waals surface area contributed by atoms with Crippen LogP contribution in [0.15, 0.2) is 24.3 Å². The van der Waals surface area contributed by atoms with E-state index in [-0.39, 0.29) is 5.69 Å². The van der Waals surface area contributed by atoms with Crippen molar-refractivity contribution in [2.24, 2.45) is 0 Å². The minimum atomic E-state index is -4.40. The van der Waals surface area contributed by atoms with Crippen molar-refractivity contribution in [2.45, 2.75) is 25.4 Å². The van der Waals surface area contributed by atoms with Gasteiger partial charge in [0.25, 0.3) is 0 Å². The minimum Gasteiger partial charge on any atom is -0.354 e. The van der Waals surface area contributed by atoms with E-state index in [0.29, 0.717) is 0 Å². The van der Waals surface area contributed by atoms with Gasteiger partial charge in [-0.25, -0.2) is 4.79 Å². The third kappa shape index (κ3) is 5.24. The highest BCUT2D eigenvalue weighted by molar-refractivity contribution is 5.89. The number of hydrogen-bond acceptors (Lipinski definition) is 3. The van der Waals surface area contributed by atoms with Crippen molar-refractivity contribution in [1.29, 1.82) is 0 Å². The van der Waals surface area contributed by atoms with Gasteiger partial charge in [0.1, 0.15) is 0 Å². The summed E-state index contributed by atoms with van der Waals surface area (Å²) in [5, 5.41) is 4.98. The molecule has 0 bridgehead atoms. The Kier molecular flexibility index (Phi) is 5.98. The molecule has 0 radical (unpaired) electrons. The molecule has 8 heteroatoms. The lowest BCUT2D eigenvalue weighted by molar-refractivity contribution is -0.137. The fraction of sp³-hybridized carbons (Fsp3) is 0.462. The molecule has 0 spiro atoms. The molecular weight excluding hydrogens is 289 g/mol. The number of rotatable bonds is 5. The first-order valence-corrected chi connectivity index (χ1v) is 6.08. The maximum absolute atomic E-state index is 12.4. The van der Waals surface area contributed by atoms with Gasteiger partial charge in [-0.05, 0) is 31.2 Å². The molecule has 2 N–H and O–H groups in total. The van der Waals surface area contributed by atoms with Crippen molar-refractivity contribution in [3.05, 3.63) is 29.8 Å². The molecule has 0 saturated heterocycles. The van der Waals surface area contributed by atoms with E-state index in [4.69, 9.17) is 9.47 Å². The molecule has 1 aromatic carbocycles. The second-order valence-corrected chi connectivity index (χ2v) is 4.30. The fourth-order valence-electron chi connectivity index (χ4n) is 1.69. The summed E-state index contributed by atoms with van der Waals surface area (Å²) in [6, 6.07) is 3.14. The number of anilines is 1. The molecule has 0 saturated carbocycles. The van der Waals surface area contributed by atoms with Crippen LogP contribution < -0.4 is 10.6 Å². The van der Waals surface area contributed by atoms with E-state index >= 15 is 0 Å². The van der Waals surface area contributed by atoms with Crippen LogP contribution >= 0.6 is 0 Å². The topological polar surface area (TPSA) is 59.6 Å². The van der Waals surface area contributed by atoms with Gasteiger partial charge in [-0.1, -0.05) is 0 Å². The van der Waals surface area contributed by atoms with Crippen molar-refractivity contribution in [3.63, 3.8) is 0 Å². The van der Waals surface area contributed by atoms with E-state index in [1.807, 2.05) is 0 Å². The van der Waals surface area contributed by atoms with Gasteiger partial charge in [-0.15, -0.1) is 0 Å². The van der Waals surface area contributed by atoms with E-state index in [1.165, 1.54) is 26.4 Å². The maximum atomic E-state index is 12.4. The number of nitrogens with one attached hydrogen (secondary N) is 2. The molecule has 1 atom stereocenters. The molecule has 0 aliphatic rings. The van der Waals surface area contributed by atoms with Gasteiger partial charge >= 0.3 is 12.2 Å². The Bertz CT molecular complexity index is 459. The number of benzene rings is 1. The van der Waals surface area contributed by atoms with Crippen LogP contribution in [0.25, 0.3) is 0 Å². The number of methoxy groups -OCH3 is 2. The average molecular weight is 306 g/mol. The van der Waals surface area contributed by atoms with Crippen LogP contribution in [0, 0.1) is 0 Å². The van der Waals surface area contributed by atoms with Crippen LogP contribution in [-0.2, 0) is 15.7 Å². The third-order valence-corrected chi connectivity index (χ3v) is 2.70. The maximum Gasteiger partial charge on any atom is 0.416 e. The highest BCUT2D eigenvalue weighted by Crippen LogP contribution is 2.29. The Balaban J connectivity index is 2.59. The van der Waals surface area contributed by atoms with Gasteiger partial charge in [-0.3, -0.25) is 0 Å². The lowest BCUT2D eigenvalue weighted by Gasteiger charge is -2.22. The number of ether oxygens (including phenoxy) is 2. The van der Waals surface area contributed by atoms with Gasteiger partial charge in [-0.2, -0.15) is 13.2 Å². The predicted molar refractivity (Wildman–Crippen MR) is 70.9 cm³/mol. The largest absolute Gasteiger partial charge is 0.416 e. The summed E-state index contributed by atoms with van der Waals surface area (Å²) < 4.78 is 47.1. The zero-order chi connectivity index (χ0) is 16.0. The first-order chi connectivity index (χ1) is 9.77. The molecule has 1 unspecified atom stereocenters. The van der Waals surface area contributed by atoms with Crippen molar-refractivity contribution in [3.8, 4) is 0 Å². The number of carbonyl (C=O) groups excluding carboxylic acids is 1.